The molecule has 1 aliphatic rings. The Bertz CT molecular complexity index is 317. The second kappa shape index (κ2) is 3.99. The SMILES string of the molecule is CC1CC(c2cc(Br)c(Br)o2)C(C)N1. The van der Waals surface area contributed by atoms with Gasteiger partial charge >= 0.3 is 0 Å². The molecule has 3 unspecified atom stereocenters. The fourth-order valence-corrected chi connectivity index (χ4v) is 2.73. The Morgan fingerprint density at radius 3 is 2.57 bits per heavy atom. The lowest BCUT2D eigenvalue weighted by Crippen LogP contribution is -2.25. The molecule has 0 spiro atoms. The fraction of sp³-hybridized carbons (Fsp3) is 0.600. The molecule has 2 nitrogen and oxygen atoms in total. The first-order chi connectivity index (χ1) is 6.58. The summed E-state index contributed by atoms with van der Waals surface area (Å²) in [5, 5.41) is 3.50. The number of rotatable bonds is 1. The van der Waals surface area contributed by atoms with Gasteiger partial charge in [0.25, 0.3) is 0 Å². The first-order valence-electron chi connectivity index (χ1n) is 4.78. The number of hydrogen-bond acceptors (Lipinski definition) is 2. The van der Waals surface area contributed by atoms with Crippen LogP contribution in [-0.2, 0) is 0 Å². The standard InChI is InChI=1S/C10H13Br2NO/c1-5-3-7(6(2)13-5)9-4-8(11)10(12)14-9/h4-7,13H,3H2,1-2H3. The maximum atomic E-state index is 5.65. The van der Waals surface area contributed by atoms with Crippen molar-refractivity contribution in [1.29, 1.82) is 0 Å². The van der Waals surface area contributed by atoms with Gasteiger partial charge in [0.15, 0.2) is 4.67 Å². The largest absolute Gasteiger partial charge is 0.453 e. The van der Waals surface area contributed by atoms with E-state index in [0.717, 1.165) is 21.3 Å². The predicted molar refractivity (Wildman–Crippen MR) is 63.5 cm³/mol. The number of halogens is 2. The topological polar surface area (TPSA) is 25.2 Å². The quantitative estimate of drug-likeness (QED) is 0.853. The molecule has 0 aliphatic carbocycles. The summed E-state index contributed by atoms with van der Waals surface area (Å²) in [4.78, 5) is 0. The fourth-order valence-electron chi connectivity index (χ4n) is 2.13. The van der Waals surface area contributed by atoms with Crippen molar-refractivity contribution in [3.05, 3.63) is 21.0 Å². The highest BCUT2D eigenvalue weighted by Crippen LogP contribution is 2.36. The molecule has 2 heterocycles. The van der Waals surface area contributed by atoms with E-state index in [9.17, 15) is 0 Å². The molecule has 2 rings (SSSR count). The smallest absolute Gasteiger partial charge is 0.183 e. The van der Waals surface area contributed by atoms with Crippen molar-refractivity contribution in [2.45, 2.75) is 38.3 Å². The summed E-state index contributed by atoms with van der Waals surface area (Å²) in [5.41, 5.74) is 0. The maximum absolute atomic E-state index is 5.65. The Balaban J connectivity index is 2.23. The number of nitrogens with one attached hydrogen (secondary N) is 1. The molecular weight excluding hydrogens is 310 g/mol. The van der Waals surface area contributed by atoms with E-state index in [-0.39, 0.29) is 0 Å². The van der Waals surface area contributed by atoms with E-state index in [1.54, 1.807) is 0 Å². The van der Waals surface area contributed by atoms with Crippen molar-refractivity contribution < 1.29 is 4.42 Å². The predicted octanol–water partition coefficient (Wildman–Crippen LogP) is 3.66. The van der Waals surface area contributed by atoms with Crippen molar-refractivity contribution in [2.24, 2.45) is 0 Å². The van der Waals surface area contributed by atoms with Crippen LogP contribution in [0.15, 0.2) is 19.6 Å². The van der Waals surface area contributed by atoms with Crippen LogP contribution in [0.2, 0.25) is 0 Å². The highest BCUT2D eigenvalue weighted by atomic mass is 79.9. The zero-order valence-electron chi connectivity index (χ0n) is 8.18. The van der Waals surface area contributed by atoms with Crippen LogP contribution in [0, 0.1) is 0 Å². The van der Waals surface area contributed by atoms with Crippen LogP contribution < -0.4 is 5.32 Å². The minimum absolute atomic E-state index is 0.493. The molecule has 0 bridgehead atoms. The molecule has 1 N–H and O–H groups in total. The van der Waals surface area contributed by atoms with Gasteiger partial charge in [0, 0.05) is 18.0 Å². The molecule has 14 heavy (non-hydrogen) atoms. The molecule has 0 aromatic carbocycles. The Labute approximate surface area is 101 Å². The molecule has 4 heteroatoms. The van der Waals surface area contributed by atoms with Crippen LogP contribution >= 0.6 is 31.9 Å². The van der Waals surface area contributed by atoms with E-state index in [1.165, 1.54) is 0 Å². The molecule has 1 aromatic rings. The van der Waals surface area contributed by atoms with E-state index in [4.69, 9.17) is 4.42 Å². The lowest BCUT2D eigenvalue weighted by molar-refractivity contribution is 0.428. The first kappa shape index (κ1) is 10.7. The molecular formula is C10H13Br2NO. The van der Waals surface area contributed by atoms with Gasteiger partial charge in [0.05, 0.1) is 4.47 Å². The summed E-state index contributed by atoms with van der Waals surface area (Å²) >= 11 is 6.80. The van der Waals surface area contributed by atoms with E-state index in [0.29, 0.717) is 18.0 Å². The van der Waals surface area contributed by atoms with E-state index in [1.807, 2.05) is 0 Å². The normalized spacial score (nSPS) is 32.4. The van der Waals surface area contributed by atoms with Crippen LogP contribution in [-0.4, -0.2) is 12.1 Å². The Hall–Kier alpha value is 0.200. The van der Waals surface area contributed by atoms with Crippen molar-refractivity contribution in [3.63, 3.8) is 0 Å². The summed E-state index contributed by atoms with van der Waals surface area (Å²) in [6.45, 7) is 4.42. The van der Waals surface area contributed by atoms with Crippen molar-refractivity contribution in [2.75, 3.05) is 0 Å². The molecule has 78 valence electrons. The third-order valence-electron chi connectivity index (χ3n) is 2.79. The van der Waals surface area contributed by atoms with Crippen LogP contribution in [0.4, 0.5) is 0 Å². The van der Waals surface area contributed by atoms with Gasteiger partial charge in [-0.05, 0) is 58.2 Å². The van der Waals surface area contributed by atoms with Gasteiger partial charge in [-0.25, -0.2) is 0 Å². The zero-order chi connectivity index (χ0) is 10.3. The molecule has 0 radical (unpaired) electrons. The van der Waals surface area contributed by atoms with Gasteiger partial charge in [-0.2, -0.15) is 0 Å². The molecule has 1 fully saturated rings. The summed E-state index contributed by atoms with van der Waals surface area (Å²) in [7, 11) is 0. The monoisotopic (exact) mass is 321 g/mol. The molecule has 1 aromatic heterocycles. The average molecular weight is 323 g/mol. The lowest BCUT2D eigenvalue weighted by Gasteiger charge is -2.11. The highest BCUT2D eigenvalue weighted by Gasteiger charge is 2.31. The molecule has 1 saturated heterocycles. The second-order valence-corrected chi connectivity index (χ2v) is 5.54. The Morgan fingerprint density at radius 1 is 1.43 bits per heavy atom. The number of furan rings is 1. The molecule has 3 atom stereocenters. The molecule has 0 amide bonds. The lowest BCUT2D eigenvalue weighted by atomic mass is 9.98. The average Bonchev–Trinajstić information content (AvgIpc) is 2.57. The van der Waals surface area contributed by atoms with Gasteiger partial charge in [0.1, 0.15) is 5.76 Å². The van der Waals surface area contributed by atoms with Crippen molar-refractivity contribution >= 4 is 31.9 Å². The van der Waals surface area contributed by atoms with Crippen LogP contribution in [0.3, 0.4) is 0 Å². The minimum atomic E-state index is 0.493. The van der Waals surface area contributed by atoms with Crippen molar-refractivity contribution in [3.8, 4) is 0 Å². The first-order valence-corrected chi connectivity index (χ1v) is 6.37. The van der Waals surface area contributed by atoms with Crippen LogP contribution in [0.25, 0.3) is 0 Å². The summed E-state index contributed by atoms with van der Waals surface area (Å²) in [5.74, 6) is 1.56. The van der Waals surface area contributed by atoms with Gasteiger partial charge in [-0.15, -0.1) is 0 Å². The van der Waals surface area contributed by atoms with E-state index < -0.39 is 0 Å². The van der Waals surface area contributed by atoms with Crippen molar-refractivity contribution in [1.82, 2.24) is 5.32 Å². The summed E-state index contributed by atoms with van der Waals surface area (Å²) in [6.07, 6.45) is 1.15. The van der Waals surface area contributed by atoms with Gasteiger partial charge in [-0.1, -0.05) is 0 Å². The third-order valence-corrected chi connectivity index (χ3v) is 4.50. The number of hydrogen-bond donors (Lipinski definition) is 1. The highest BCUT2D eigenvalue weighted by molar-refractivity contribution is 9.13. The maximum Gasteiger partial charge on any atom is 0.183 e. The molecule has 1 aliphatic heterocycles. The second-order valence-electron chi connectivity index (χ2n) is 3.97. The summed E-state index contributed by atoms with van der Waals surface area (Å²) < 4.78 is 7.44. The van der Waals surface area contributed by atoms with E-state index >= 15 is 0 Å². The third kappa shape index (κ3) is 1.92. The Kier molecular flexibility index (Phi) is 3.05. The summed E-state index contributed by atoms with van der Waals surface area (Å²) in [6, 6.07) is 3.14. The van der Waals surface area contributed by atoms with Gasteiger partial charge < -0.3 is 9.73 Å². The van der Waals surface area contributed by atoms with E-state index in [2.05, 4.69) is 57.1 Å². The van der Waals surface area contributed by atoms with Gasteiger partial charge in [0.2, 0.25) is 0 Å². The molecule has 0 saturated carbocycles. The van der Waals surface area contributed by atoms with Gasteiger partial charge in [-0.3, -0.25) is 0 Å². The minimum Gasteiger partial charge on any atom is -0.453 e. The van der Waals surface area contributed by atoms with Crippen LogP contribution in [0.5, 0.6) is 0 Å². The van der Waals surface area contributed by atoms with Crippen LogP contribution in [0.1, 0.15) is 31.9 Å². The zero-order valence-corrected chi connectivity index (χ0v) is 11.4. The Morgan fingerprint density at radius 2 is 2.14 bits per heavy atom.